The monoisotopic (exact) mass is 357 g/mol. The van der Waals surface area contributed by atoms with Gasteiger partial charge in [-0.15, -0.1) is 0 Å². The molecule has 1 atom stereocenters. The van der Waals surface area contributed by atoms with Crippen LogP contribution in [0.15, 0.2) is 42.5 Å². The quantitative estimate of drug-likeness (QED) is 0.795. The van der Waals surface area contributed by atoms with Gasteiger partial charge in [-0.1, -0.05) is 17.7 Å². The molecular weight excluding hydrogens is 338 g/mol. The zero-order chi connectivity index (χ0) is 17.2. The van der Waals surface area contributed by atoms with E-state index in [1.165, 1.54) is 0 Å². The summed E-state index contributed by atoms with van der Waals surface area (Å²) in [5, 5.41) is 0.637. The van der Waals surface area contributed by atoms with Crippen LogP contribution in [-0.2, 0) is 0 Å². The summed E-state index contributed by atoms with van der Waals surface area (Å²) in [6.07, 6.45) is 2.84. The molecule has 1 saturated heterocycles. The molecular formula is C20H20ClNO3. The van der Waals surface area contributed by atoms with Crippen molar-refractivity contribution in [2.45, 2.75) is 25.3 Å². The summed E-state index contributed by atoms with van der Waals surface area (Å²) in [4.78, 5) is 14.9. The first kappa shape index (κ1) is 16.3. The highest BCUT2D eigenvalue weighted by Gasteiger charge is 2.31. The number of benzene rings is 2. The number of ether oxygens (including phenoxy) is 2. The van der Waals surface area contributed by atoms with Gasteiger partial charge in [0, 0.05) is 23.6 Å². The molecule has 0 radical (unpaired) electrons. The molecule has 0 N–H and O–H groups in total. The molecule has 2 aliphatic rings. The Labute approximate surface area is 152 Å². The molecule has 1 amide bonds. The van der Waals surface area contributed by atoms with Crippen molar-refractivity contribution < 1.29 is 14.3 Å². The smallest absolute Gasteiger partial charge is 0.254 e. The van der Waals surface area contributed by atoms with Crippen LogP contribution >= 0.6 is 11.6 Å². The Morgan fingerprint density at radius 1 is 1.00 bits per heavy atom. The zero-order valence-corrected chi connectivity index (χ0v) is 14.7. The van der Waals surface area contributed by atoms with E-state index in [1.54, 1.807) is 24.3 Å². The Kier molecular flexibility index (Phi) is 4.53. The summed E-state index contributed by atoms with van der Waals surface area (Å²) in [7, 11) is 0. The molecule has 0 aliphatic carbocycles. The maximum atomic E-state index is 12.9. The van der Waals surface area contributed by atoms with E-state index in [-0.39, 0.29) is 11.9 Å². The Balaban J connectivity index is 1.60. The standard InChI is InChI=1S/C20H20ClNO3/c21-16-7-4-14(5-8-16)20(23)22-10-1-3-17(22)15-6-9-18-19(13-15)25-12-2-11-24-18/h4-9,13,17H,1-3,10-12H2/t17-/m0/s1. The minimum Gasteiger partial charge on any atom is -0.490 e. The maximum absolute atomic E-state index is 12.9. The van der Waals surface area contributed by atoms with Gasteiger partial charge >= 0.3 is 0 Å². The summed E-state index contributed by atoms with van der Waals surface area (Å²) in [6, 6.07) is 13.2. The average Bonchev–Trinajstić information content (AvgIpc) is 3.00. The van der Waals surface area contributed by atoms with E-state index in [9.17, 15) is 4.79 Å². The van der Waals surface area contributed by atoms with Crippen molar-refractivity contribution >= 4 is 17.5 Å². The van der Waals surface area contributed by atoms with Crippen LogP contribution in [0.4, 0.5) is 0 Å². The third-order valence-corrected chi connectivity index (χ3v) is 5.01. The molecule has 0 bridgehead atoms. The highest BCUT2D eigenvalue weighted by molar-refractivity contribution is 6.30. The Hall–Kier alpha value is -2.20. The number of fused-ring (bicyclic) bond motifs is 1. The van der Waals surface area contributed by atoms with E-state index >= 15 is 0 Å². The van der Waals surface area contributed by atoms with E-state index in [0.717, 1.165) is 42.9 Å². The van der Waals surface area contributed by atoms with Gasteiger partial charge in [-0.25, -0.2) is 0 Å². The molecule has 2 aromatic carbocycles. The zero-order valence-electron chi connectivity index (χ0n) is 13.9. The molecule has 1 fully saturated rings. The van der Waals surface area contributed by atoms with Crippen molar-refractivity contribution in [2.24, 2.45) is 0 Å². The van der Waals surface area contributed by atoms with E-state index in [1.807, 2.05) is 23.1 Å². The van der Waals surface area contributed by atoms with Crippen molar-refractivity contribution in [3.63, 3.8) is 0 Å². The molecule has 0 unspecified atom stereocenters. The van der Waals surface area contributed by atoms with Gasteiger partial charge in [0.25, 0.3) is 5.91 Å². The molecule has 2 aliphatic heterocycles. The molecule has 5 heteroatoms. The van der Waals surface area contributed by atoms with Crippen LogP contribution < -0.4 is 9.47 Å². The number of amides is 1. The fourth-order valence-electron chi connectivity index (χ4n) is 3.50. The maximum Gasteiger partial charge on any atom is 0.254 e. The second-order valence-corrected chi connectivity index (χ2v) is 6.86. The number of halogens is 1. The molecule has 130 valence electrons. The topological polar surface area (TPSA) is 38.8 Å². The third kappa shape index (κ3) is 3.31. The summed E-state index contributed by atoms with van der Waals surface area (Å²) < 4.78 is 11.5. The van der Waals surface area contributed by atoms with Crippen molar-refractivity contribution in [3.05, 3.63) is 58.6 Å². The Morgan fingerprint density at radius 2 is 1.76 bits per heavy atom. The van der Waals surface area contributed by atoms with Crippen LogP contribution in [0.25, 0.3) is 0 Å². The van der Waals surface area contributed by atoms with Gasteiger partial charge in [0.15, 0.2) is 11.5 Å². The molecule has 25 heavy (non-hydrogen) atoms. The number of likely N-dealkylation sites (tertiary alicyclic amines) is 1. The molecule has 2 aromatic rings. The Morgan fingerprint density at radius 3 is 2.56 bits per heavy atom. The van der Waals surface area contributed by atoms with E-state index in [4.69, 9.17) is 21.1 Å². The van der Waals surface area contributed by atoms with Gasteiger partial charge in [0.05, 0.1) is 19.3 Å². The van der Waals surface area contributed by atoms with Crippen LogP contribution in [-0.4, -0.2) is 30.6 Å². The van der Waals surface area contributed by atoms with Crippen LogP contribution in [0.5, 0.6) is 11.5 Å². The van der Waals surface area contributed by atoms with E-state index in [0.29, 0.717) is 23.8 Å². The molecule has 2 heterocycles. The molecule has 0 spiro atoms. The van der Waals surface area contributed by atoms with Crippen LogP contribution in [0.3, 0.4) is 0 Å². The summed E-state index contributed by atoms with van der Waals surface area (Å²) in [6.45, 7) is 2.10. The van der Waals surface area contributed by atoms with Gasteiger partial charge < -0.3 is 14.4 Å². The van der Waals surface area contributed by atoms with Crippen molar-refractivity contribution in [1.29, 1.82) is 0 Å². The van der Waals surface area contributed by atoms with Crippen molar-refractivity contribution in [3.8, 4) is 11.5 Å². The summed E-state index contributed by atoms with van der Waals surface area (Å²) in [5.41, 5.74) is 1.77. The average molecular weight is 358 g/mol. The lowest BCUT2D eigenvalue weighted by Gasteiger charge is -2.26. The van der Waals surface area contributed by atoms with Gasteiger partial charge in [-0.2, -0.15) is 0 Å². The highest BCUT2D eigenvalue weighted by atomic mass is 35.5. The number of nitrogens with zero attached hydrogens (tertiary/aromatic N) is 1. The second kappa shape index (κ2) is 6.96. The van der Waals surface area contributed by atoms with Crippen LogP contribution in [0, 0.1) is 0 Å². The van der Waals surface area contributed by atoms with E-state index in [2.05, 4.69) is 0 Å². The predicted molar refractivity (Wildman–Crippen MR) is 96.5 cm³/mol. The van der Waals surface area contributed by atoms with E-state index < -0.39 is 0 Å². The van der Waals surface area contributed by atoms with Gasteiger partial charge in [0.1, 0.15) is 0 Å². The second-order valence-electron chi connectivity index (χ2n) is 6.42. The first-order chi connectivity index (χ1) is 12.2. The SMILES string of the molecule is O=C(c1ccc(Cl)cc1)N1CCC[C@H]1c1ccc2c(c1)OCCCO2. The fourth-order valence-corrected chi connectivity index (χ4v) is 3.63. The minimum absolute atomic E-state index is 0.0475. The minimum atomic E-state index is 0.0475. The number of carbonyl (C=O) groups excluding carboxylic acids is 1. The summed E-state index contributed by atoms with van der Waals surface area (Å²) >= 11 is 5.93. The molecule has 4 rings (SSSR count). The number of hydrogen-bond donors (Lipinski definition) is 0. The Bertz CT molecular complexity index is 775. The number of rotatable bonds is 2. The third-order valence-electron chi connectivity index (χ3n) is 4.76. The van der Waals surface area contributed by atoms with Crippen LogP contribution in [0.1, 0.15) is 41.2 Å². The highest BCUT2D eigenvalue weighted by Crippen LogP contribution is 2.38. The first-order valence-electron chi connectivity index (χ1n) is 8.68. The normalized spacial score (nSPS) is 19.6. The van der Waals surface area contributed by atoms with Crippen molar-refractivity contribution in [1.82, 2.24) is 4.90 Å². The molecule has 0 aromatic heterocycles. The lowest BCUT2D eigenvalue weighted by Crippen LogP contribution is -2.30. The van der Waals surface area contributed by atoms with Gasteiger partial charge in [0.2, 0.25) is 0 Å². The first-order valence-corrected chi connectivity index (χ1v) is 9.06. The van der Waals surface area contributed by atoms with Gasteiger partial charge in [-0.3, -0.25) is 4.79 Å². The van der Waals surface area contributed by atoms with Crippen LogP contribution in [0.2, 0.25) is 5.02 Å². The molecule has 0 saturated carbocycles. The largest absolute Gasteiger partial charge is 0.490 e. The van der Waals surface area contributed by atoms with Crippen molar-refractivity contribution in [2.75, 3.05) is 19.8 Å². The lowest BCUT2D eigenvalue weighted by atomic mass is 10.0. The lowest BCUT2D eigenvalue weighted by molar-refractivity contribution is 0.0735. The number of carbonyl (C=O) groups is 1. The van der Waals surface area contributed by atoms with Gasteiger partial charge in [-0.05, 0) is 54.8 Å². The summed E-state index contributed by atoms with van der Waals surface area (Å²) in [5.74, 6) is 1.61. The number of hydrogen-bond acceptors (Lipinski definition) is 3. The molecule has 4 nitrogen and oxygen atoms in total. The predicted octanol–water partition coefficient (Wildman–Crippen LogP) is 4.48. The fraction of sp³-hybridized carbons (Fsp3) is 0.350.